The first kappa shape index (κ1) is 17.1. The van der Waals surface area contributed by atoms with Gasteiger partial charge in [-0.15, -0.1) is 0 Å². The molecule has 0 aliphatic heterocycles. The number of halogens is 3. The van der Waals surface area contributed by atoms with Crippen molar-refractivity contribution < 1.29 is 27.9 Å². The topological polar surface area (TPSA) is 96.4 Å². The third-order valence-corrected chi connectivity index (χ3v) is 3.23. The highest BCUT2D eigenvalue weighted by Gasteiger charge is 2.35. The maximum Gasteiger partial charge on any atom is 0.420 e. The van der Waals surface area contributed by atoms with Crippen LogP contribution in [0.2, 0.25) is 0 Å². The summed E-state index contributed by atoms with van der Waals surface area (Å²) in [5.41, 5.74) is -2.61. The van der Waals surface area contributed by atoms with E-state index < -0.39 is 28.1 Å². The molecule has 0 atom stereocenters. The number of nitriles is 1. The van der Waals surface area contributed by atoms with Crippen LogP contribution in [0.1, 0.15) is 11.1 Å². The third kappa shape index (κ3) is 3.08. The fourth-order valence-corrected chi connectivity index (χ4v) is 2.14. The zero-order valence-corrected chi connectivity index (χ0v) is 12.1. The van der Waals surface area contributed by atoms with Crippen LogP contribution in [0.15, 0.2) is 30.3 Å². The molecular formula is C15H9F3N2O4. The van der Waals surface area contributed by atoms with E-state index in [0.29, 0.717) is 6.07 Å². The maximum atomic E-state index is 13.0. The normalized spacial score (nSPS) is 11.0. The molecule has 0 saturated heterocycles. The summed E-state index contributed by atoms with van der Waals surface area (Å²) in [6, 6.07) is 6.51. The van der Waals surface area contributed by atoms with Gasteiger partial charge in [0.15, 0.2) is 5.75 Å². The summed E-state index contributed by atoms with van der Waals surface area (Å²) in [4.78, 5) is 10.3. The lowest BCUT2D eigenvalue weighted by Crippen LogP contribution is -2.06. The van der Waals surface area contributed by atoms with Crippen molar-refractivity contribution in [2.45, 2.75) is 6.18 Å². The molecule has 0 heterocycles. The molecule has 24 heavy (non-hydrogen) atoms. The minimum atomic E-state index is -4.88. The number of phenols is 1. The minimum Gasteiger partial charge on any atom is -0.507 e. The van der Waals surface area contributed by atoms with Crippen LogP contribution in [-0.2, 0) is 6.18 Å². The van der Waals surface area contributed by atoms with E-state index in [9.17, 15) is 28.4 Å². The molecule has 0 fully saturated rings. The number of aromatic hydroxyl groups is 1. The van der Waals surface area contributed by atoms with Gasteiger partial charge in [0.25, 0.3) is 0 Å². The molecule has 6 nitrogen and oxygen atoms in total. The van der Waals surface area contributed by atoms with Crippen LogP contribution in [0.5, 0.6) is 11.5 Å². The lowest BCUT2D eigenvalue weighted by Gasteiger charge is -2.14. The number of alkyl halides is 3. The van der Waals surface area contributed by atoms with Crippen molar-refractivity contribution in [1.82, 2.24) is 0 Å². The number of hydrogen-bond acceptors (Lipinski definition) is 5. The number of rotatable bonds is 3. The van der Waals surface area contributed by atoms with Crippen LogP contribution >= 0.6 is 0 Å². The molecule has 0 aliphatic carbocycles. The predicted octanol–water partition coefficient (Wildman–Crippen LogP) is 3.87. The predicted molar refractivity (Wildman–Crippen MR) is 76.5 cm³/mol. The average molecular weight is 338 g/mol. The average Bonchev–Trinajstić information content (AvgIpc) is 2.53. The number of hydrogen-bond donors (Lipinski definition) is 1. The molecule has 0 unspecified atom stereocenters. The summed E-state index contributed by atoms with van der Waals surface area (Å²) in [6.07, 6.45) is -4.88. The second-order valence-corrected chi connectivity index (χ2v) is 4.67. The molecule has 1 N–H and O–H groups in total. The van der Waals surface area contributed by atoms with Gasteiger partial charge in [-0.05, 0) is 23.8 Å². The Morgan fingerprint density at radius 1 is 1.29 bits per heavy atom. The monoisotopic (exact) mass is 338 g/mol. The van der Waals surface area contributed by atoms with E-state index in [1.165, 1.54) is 19.2 Å². The standard InChI is InChI=1S/C15H9F3N2O4/c1-24-13-3-2-9(6-12(13)20(22)23)10-4-8(7-19)5-11(14(10)21)15(16,17)18/h2-6,21H,1H3. The van der Waals surface area contributed by atoms with Gasteiger partial charge in [0.1, 0.15) is 5.75 Å². The third-order valence-electron chi connectivity index (χ3n) is 3.23. The van der Waals surface area contributed by atoms with Crippen molar-refractivity contribution in [2.24, 2.45) is 0 Å². The van der Waals surface area contributed by atoms with Crippen molar-refractivity contribution in [3.05, 3.63) is 51.6 Å². The van der Waals surface area contributed by atoms with Crippen molar-refractivity contribution in [2.75, 3.05) is 7.11 Å². The smallest absolute Gasteiger partial charge is 0.420 e. The van der Waals surface area contributed by atoms with Crippen molar-refractivity contribution in [1.29, 1.82) is 5.26 Å². The number of nitro benzene ring substituents is 1. The molecule has 0 amide bonds. The van der Waals surface area contributed by atoms with E-state index in [0.717, 1.165) is 12.1 Å². The van der Waals surface area contributed by atoms with Crippen molar-refractivity contribution in [3.63, 3.8) is 0 Å². The van der Waals surface area contributed by atoms with Crippen LogP contribution in [-0.4, -0.2) is 17.1 Å². The highest BCUT2D eigenvalue weighted by Crippen LogP contribution is 2.43. The van der Waals surface area contributed by atoms with Crippen LogP contribution in [0.3, 0.4) is 0 Å². The van der Waals surface area contributed by atoms with Gasteiger partial charge >= 0.3 is 11.9 Å². The zero-order chi connectivity index (χ0) is 18.1. The highest BCUT2D eigenvalue weighted by atomic mass is 19.4. The Kier molecular flexibility index (Phi) is 4.33. The lowest BCUT2D eigenvalue weighted by molar-refractivity contribution is -0.385. The fourth-order valence-electron chi connectivity index (χ4n) is 2.14. The van der Waals surface area contributed by atoms with Gasteiger partial charge in [-0.25, -0.2) is 0 Å². The van der Waals surface area contributed by atoms with E-state index in [-0.39, 0.29) is 22.4 Å². The Balaban J connectivity index is 2.76. The minimum absolute atomic E-state index is 0.0531. The molecule has 0 aliphatic rings. The molecular weight excluding hydrogens is 329 g/mol. The van der Waals surface area contributed by atoms with E-state index in [1.54, 1.807) is 6.07 Å². The number of nitrogens with zero attached hydrogens (tertiary/aromatic N) is 2. The SMILES string of the molecule is COc1ccc(-c2cc(C#N)cc(C(F)(F)F)c2O)cc1[N+](=O)[O-]. The summed E-state index contributed by atoms with van der Waals surface area (Å²) in [7, 11) is 1.21. The highest BCUT2D eigenvalue weighted by molar-refractivity contribution is 5.76. The number of ether oxygens (including phenoxy) is 1. The molecule has 124 valence electrons. The van der Waals surface area contributed by atoms with E-state index in [1.807, 2.05) is 0 Å². The summed E-state index contributed by atoms with van der Waals surface area (Å²) in [5, 5.41) is 29.8. The van der Waals surface area contributed by atoms with Gasteiger partial charge in [0.05, 0.1) is 29.2 Å². The maximum absolute atomic E-state index is 13.0. The second kappa shape index (κ2) is 6.08. The quantitative estimate of drug-likeness (QED) is 0.677. The number of benzene rings is 2. The Morgan fingerprint density at radius 3 is 2.46 bits per heavy atom. The first-order valence-electron chi connectivity index (χ1n) is 6.36. The number of phenolic OH excluding ortho intramolecular Hbond substituents is 1. The van der Waals surface area contributed by atoms with Gasteiger partial charge in [0.2, 0.25) is 0 Å². The fraction of sp³-hybridized carbons (Fsp3) is 0.133. The molecule has 0 spiro atoms. The Hall–Kier alpha value is -3.28. The summed E-state index contributed by atoms with van der Waals surface area (Å²) < 4.78 is 43.8. The second-order valence-electron chi connectivity index (χ2n) is 4.67. The van der Waals surface area contributed by atoms with Gasteiger partial charge in [-0.2, -0.15) is 18.4 Å². The van der Waals surface area contributed by atoms with Crippen LogP contribution < -0.4 is 4.74 Å². The van der Waals surface area contributed by atoms with Crippen LogP contribution in [0, 0.1) is 21.4 Å². The summed E-state index contributed by atoms with van der Waals surface area (Å²) in [5.74, 6) is -1.20. The summed E-state index contributed by atoms with van der Waals surface area (Å²) >= 11 is 0. The van der Waals surface area contributed by atoms with E-state index in [2.05, 4.69) is 0 Å². The number of methoxy groups -OCH3 is 1. The van der Waals surface area contributed by atoms with E-state index in [4.69, 9.17) is 10.00 Å². The molecule has 0 saturated carbocycles. The molecule has 2 aromatic carbocycles. The lowest BCUT2D eigenvalue weighted by atomic mass is 9.97. The molecule has 2 aromatic rings. The van der Waals surface area contributed by atoms with Crippen molar-refractivity contribution in [3.8, 4) is 28.7 Å². The first-order chi connectivity index (χ1) is 11.2. The van der Waals surface area contributed by atoms with Crippen LogP contribution in [0.4, 0.5) is 18.9 Å². The summed E-state index contributed by atoms with van der Waals surface area (Å²) in [6.45, 7) is 0. The van der Waals surface area contributed by atoms with Gasteiger partial charge < -0.3 is 9.84 Å². The largest absolute Gasteiger partial charge is 0.507 e. The first-order valence-corrected chi connectivity index (χ1v) is 6.36. The van der Waals surface area contributed by atoms with Gasteiger partial charge in [-0.3, -0.25) is 10.1 Å². The van der Waals surface area contributed by atoms with Gasteiger partial charge in [0, 0.05) is 11.6 Å². The molecule has 0 aromatic heterocycles. The molecule has 0 radical (unpaired) electrons. The molecule has 9 heteroatoms. The van der Waals surface area contributed by atoms with Gasteiger partial charge in [-0.1, -0.05) is 6.07 Å². The van der Waals surface area contributed by atoms with E-state index >= 15 is 0 Å². The van der Waals surface area contributed by atoms with Crippen LogP contribution in [0.25, 0.3) is 11.1 Å². The van der Waals surface area contributed by atoms with Crippen molar-refractivity contribution >= 4 is 5.69 Å². The Bertz CT molecular complexity index is 857. The zero-order valence-electron chi connectivity index (χ0n) is 12.1. The molecule has 2 rings (SSSR count). The Morgan fingerprint density at radius 2 is 1.96 bits per heavy atom. The number of nitro groups is 1. The molecule has 0 bridgehead atoms. The Labute approximate surface area is 133 Å².